The third-order valence-electron chi connectivity index (χ3n) is 5.26. The van der Waals surface area contributed by atoms with Crippen molar-refractivity contribution < 1.29 is 0 Å². The van der Waals surface area contributed by atoms with Gasteiger partial charge in [-0.1, -0.05) is 69.0 Å². The van der Waals surface area contributed by atoms with Crippen molar-refractivity contribution in [2.75, 3.05) is 0 Å². The summed E-state index contributed by atoms with van der Waals surface area (Å²) in [7, 11) is 0. The summed E-state index contributed by atoms with van der Waals surface area (Å²) >= 11 is 0. The SMILES string of the molecule is C=CC1=C(/C=C\C)c2cc(-c3ccccc3C)c(C)cc2C1(C)C. The molecule has 0 heterocycles. The Balaban J connectivity index is 2.32. The molecule has 24 heavy (non-hydrogen) atoms. The molecule has 2 aromatic carbocycles. The van der Waals surface area contributed by atoms with Crippen LogP contribution in [0.4, 0.5) is 0 Å². The van der Waals surface area contributed by atoms with Crippen molar-refractivity contribution in [3.63, 3.8) is 0 Å². The molecule has 0 aromatic heterocycles. The minimum atomic E-state index is 0.000942. The fraction of sp³-hybridized carbons (Fsp3) is 0.250. The van der Waals surface area contributed by atoms with Crippen molar-refractivity contribution in [1.29, 1.82) is 0 Å². The first-order chi connectivity index (χ1) is 11.4. The summed E-state index contributed by atoms with van der Waals surface area (Å²) < 4.78 is 0. The maximum atomic E-state index is 4.08. The molecule has 0 unspecified atom stereocenters. The maximum absolute atomic E-state index is 4.08. The largest absolute Gasteiger partial charge is 0.0987 e. The summed E-state index contributed by atoms with van der Waals surface area (Å²) in [5.41, 5.74) is 10.7. The first kappa shape index (κ1) is 16.5. The number of hydrogen-bond donors (Lipinski definition) is 0. The first-order valence-corrected chi connectivity index (χ1v) is 8.63. The predicted molar refractivity (Wildman–Crippen MR) is 106 cm³/mol. The molecule has 1 aliphatic carbocycles. The van der Waals surface area contributed by atoms with Crippen LogP contribution >= 0.6 is 0 Å². The van der Waals surface area contributed by atoms with Crippen LogP contribution in [0.1, 0.15) is 43.0 Å². The molecule has 0 amide bonds. The van der Waals surface area contributed by atoms with Crippen molar-refractivity contribution in [2.24, 2.45) is 0 Å². The van der Waals surface area contributed by atoms with E-state index in [0.29, 0.717) is 0 Å². The van der Waals surface area contributed by atoms with Gasteiger partial charge >= 0.3 is 0 Å². The highest BCUT2D eigenvalue weighted by molar-refractivity contribution is 5.90. The summed E-state index contributed by atoms with van der Waals surface area (Å²) in [5, 5.41) is 0. The van der Waals surface area contributed by atoms with E-state index in [1.165, 1.54) is 44.5 Å². The van der Waals surface area contributed by atoms with Gasteiger partial charge in [-0.05, 0) is 71.4 Å². The van der Waals surface area contributed by atoms with Crippen LogP contribution in [-0.2, 0) is 5.41 Å². The molecule has 0 aliphatic heterocycles. The topological polar surface area (TPSA) is 0 Å². The molecule has 0 heteroatoms. The van der Waals surface area contributed by atoms with E-state index in [1.54, 1.807) is 0 Å². The Bertz CT molecular complexity index is 873. The molecule has 1 aliphatic rings. The standard InChI is InChI=1S/C24H26/c1-7-11-19-21-15-20(18-13-10-9-12-16(18)3)17(4)14-23(21)24(5,6)22(19)8-2/h7-15H,2H2,1,3-6H3/b11-7-. The lowest BCUT2D eigenvalue weighted by atomic mass is 9.80. The molecule has 0 saturated heterocycles. The van der Waals surface area contributed by atoms with E-state index >= 15 is 0 Å². The summed E-state index contributed by atoms with van der Waals surface area (Å²) in [5.74, 6) is 0. The van der Waals surface area contributed by atoms with Gasteiger partial charge < -0.3 is 0 Å². The molecule has 0 bridgehead atoms. The molecular formula is C24H26. The van der Waals surface area contributed by atoms with Gasteiger partial charge in [-0.2, -0.15) is 0 Å². The number of fused-ring (bicyclic) bond motifs is 1. The molecular weight excluding hydrogens is 288 g/mol. The van der Waals surface area contributed by atoms with Crippen molar-refractivity contribution in [1.82, 2.24) is 0 Å². The number of hydrogen-bond acceptors (Lipinski definition) is 0. The molecule has 0 atom stereocenters. The Morgan fingerprint density at radius 1 is 0.917 bits per heavy atom. The molecule has 0 N–H and O–H groups in total. The average Bonchev–Trinajstić information content (AvgIpc) is 2.74. The van der Waals surface area contributed by atoms with E-state index in [1.807, 2.05) is 6.08 Å². The van der Waals surface area contributed by atoms with Crippen LogP contribution in [0.15, 0.2) is 66.8 Å². The fourth-order valence-electron chi connectivity index (χ4n) is 3.95. The second-order valence-corrected chi connectivity index (χ2v) is 7.18. The predicted octanol–water partition coefficient (Wildman–Crippen LogP) is 6.78. The summed E-state index contributed by atoms with van der Waals surface area (Å²) in [4.78, 5) is 0. The van der Waals surface area contributed by atoms with Crippen molar-refractivity contribution in [3.8, 4) is 11.1 Å². The van der Waals surface area contributed by atoms with Gasteiger partial charge in [0.25, 0.3) is 0 Å². The van der Waals surface area contributed by atoms with Crippen LogP contribution in [0, 0.1) is 13.8 Å². The lowest BCUT2D eigenvalue weighted by Crippen LogP contribution is -2.16. The molecule has 0 nitrogen and oxygen atoms in total. The van der Waals surface area contributed by atoms with Crippen molar-refractivity contribution in [3.05, 3.63) is 89.0 Å². The van der Waals surface area contributed by atoms with Gasteiger partial charge in [0.2, 0.25) is 0 Å². The van der Waals surface area contributed by atoms with E-state index in [0.717, 1.165) is 0 Å². The monoisotopic (exact) mass is 314 g/mol. The fourth-order valence-corrected chi connectivity index (χ4v) is 3.95. The van der Waals surface area contributed by atoms with Crippen LogP contribution in [0.2, 0.25) is 0 Å². The number of aryl methyl sites for hydroxylation is 2. The van der Waals surface area contributed by atoms with Crippen LogP contribution in [0.25, 0.3) is 16.7 Å². The lowest BCUT2D eigenvalue weighted by molar-refractivity contribution is 0.654. The van der Waals surface area contributed by atoms with E-state index in [-0.39, 0.29) is 5.41 Å². The summed E-state index contributed by atoms with van der Waals surface area (Å²) in [6.45, 7) is 15.2. The van der Waals surface area contributed by atoms with Crippen molar-refractivity contribution >= 4 is 5.57 Å². The Hall–Kier alpha value is -2.34. The number of rotatable bonds is 3. The zero-order valence-corrected chi connectivity index (χ0v) is 15.4. The third-order valence-corrected chi connectivity index (χ3v) is 5.26. The van der Waals surface area contributed by atoms with Gasteiger partial charge in [0.1, 0.15) is 0 Å². The second-order valence-electron chi connectivity index (χ2n) is 7.18. The van der Waals surface area contributed by atoms with Crippen LogP contribution in [0.3, 0.4) is 0 Å². The highest BCUT2D eigenvalue weighted by Gasteiger charge is 2.35. The first-order valence-electron chi connectivity index (χ1n) is 8.63. The van der Waals surface area contributed by atoms with Gasteiger partial charge in [0.15, 0.2) is 0 Å². The van der Waals surface area contributed by atoms with E-state index < -0.39 is 0 Å². The van der Waals surface area contributed by atoms with Crippen molar-refractivity contribution in [2.45, 2.75) is 40.0 Å². The average molecular weight is 314 g/mol. The van der Waals surface area contributed by atoms with Gasteiger partial charge in [-0.3, -0.25) is 0 Å². The molecule has 122 valence electrons. The Labute approximate surface area is 146 Å². The van der Waals surface area contributed by atoms with Crippen LogP contribution < -0.4 is 0 Å². The highest BCUT2D eigenvalue weighted by Crippen LogP contribution is 2.49. The molecule has 0 saturated carbocycles. The quantitative estimate of drug-likeness (QED) is 0.586. The van der Waals surface area contributed by atoms with E-state index in [4.69, 9.17) is 0 Å². The minimum absolute atomic E-state index is 0.000942. The zero-order valence-electron chi connectivity index (χ0n) is 15.4. The molecule has 0 fully saturated rings. The van der Waals surface area contributed by atoms with Crippen LogP contribution in [-0.4, -0.2) is 0 Å². The smallest absolute Gasteiger partial charge is 0.0158 e. The molecule has 0 spiro atoms. The van der Waals surface area contributed by atoms with Crippen LogP contribution in [0.5, 0.6) is 0 Å². The normalized spacial score (nSPS) is 15.9. The highest BCUT2D eigenvalue weighted by atomic mass is 14.4. The van der Waals surface area contributed by atoms with Gasteiger partial charge in [0, 0.05) is 5.41 Å². The Kier molecular flexibility index (Phi) is 4.09. The maximum Gasteiger partial charge on any atom is 0.0158 e. The third kappa shape index (κ3) is 2.38. The lowest BCUT2D eigenvalue weighted by Gasteiger charge is -2.24. The van der Waals surface area contributed by atoms with E-state index in [9.17, 15) is 0 Å². The molecule has 3 rings (SSSR count). The minimum Gasteiger partial charge on any atom is -0.0987 e. The van der Waals surface area contributed by atoms with Gasteiger partial charge in [-0.25, -0.2) is 0 Å². The zero-order chi connectivity index (χ0) is 17.5. The number of allylic oxidation sites excluding steroid dienone is 5. The second kappa shape index (κ2) is 5.94. The molecule has 2 aromatic rings. The summed E-state index contributed by atoms with van der Waals surface area (Å²) in [6.07, 6.45) is 6.37. The van der Waals surface area contributed by atoms with Gasteiger partial charge in [-0.15, -0.1) is 0 Å². The molecule has 0 radical (unpaired) electrons. The Morgan fingerprint density at radius 3 is 2.25 bits per heavy atom. The Morgan fingerprint density at radius 2 is 1.62 bits per heavy atom. The van der Waals surface area contributed by atoms with E-state index in [2.05, 4.69) is 89.7 Å². The number of benzene rings is 2. The summed E-state index contributed by atoms with van der Waals surface area (Å²) in [6, 6.07) is 13.4. The van der Waals surface area contributed by atoms with Gasteiger partial charge in [0.05, 0.1) is 0 Å².